The van der Waals surface area contributed by atoms with Gasteiger partial charge >= 0.3 is 22.4 Å². The molecule has 0 rings (SSSR count). The van der Waals surface area contributed by atoms with Crippen LogP contribution in [0.3, 0.4) is 0 Å². The minimum absolute atomic E-state index is 0. The number of hydrogen-bond acceptors (Lipinski definition) is 4. The summed E-state index contributed by atoms with van der Waals surface area (Å²) in [5.41, 5.74) is 0. The van der Waals surface area contributed by atoms with E-state index in [0.717, 1.165) is 0 Å². The molecule has 0 aromatic carbocycles. The summed E-state index contributed by atoms with van der Waals surface area (Å²) in [6.07, 6.45) is 0.233. The van der Waals surface area contributed by atoms with Crippen LogP contribution in [0.25, 0.3) is 0 Å². The summed E-state index contributed by atoms with van der Waals surface area (Å²) in [6, 6.07) is 0. The second kappa shape index (κ2) is 8.13. The van der Waals surface area contributed by atoms with Gasteiger partial charge in [0.1, 0.15) is 0 Å². The molecule has 0 aliphatic heterocycles. The van der Waals surface area contributed by atoms with E-state index < -0.39 is 12.5 Å². The van der Waals surface area contributed by atoms with Crippen molar-refractivity contribution in [2.24, 2.45) is 0 Å². The minimum Gasteiger partial charge on any atom is -0.548 e. The number of amides is 1. The summed E-state index contributed by atoms with van der Waals surface area (Å²) >= 11 is 3.78. The first-order chi connectivity index (χ1) is 4.66. The Labute approximate surface area is 85.7 Å². The molecule has 0 saturated heterocycles. The Morgan fingerprint density at radius 1 is 1.45 bits per heavy atom. The molecule has 0 heterocycles. The first kappa shape index (κ1) is 13.6. The Morgan fingerprint density at radius 3 is 2.36 bits per heavy atom. The molecule has 4 nitrogen and oxygen atoms in total. The number of aliphatic carboxylic acids is 1. The Morgan fingerprint density at radius 2 is 2.00 bits per heavy atom. The average Bonchev–Trinajstić information content (AvgIpc) is 1.85. The van der Waals surface area contributed by atoms with Crippen molar-refractivity contribution in [3.8, 4) is 0 Å². The van der Waals surface area contributed by atoms with Gasteiger partial charge < -0.3 is 15.2 Å². The van der Waals surface area contributed by atoms with Gasteiger partial charge in [-0.05, 0) is 5.75 Å². The number of thiol groups is 1. The van der Waals surface area contributed by atoms with Crippen molar-refractivity contribution >= 4 is 24.5 Å². The Bertz CT molecular complexity index is 142. The van der Waals surface area contributed by atoms with Gasteiger partial charge in [0.15, 0.2) is 0 Å². The van der Waals surface area contributed by atoms with Gasteiger partial charge in [-0.15, -0.1) is 0 Å². The van der Waals surface area contributed by atoms with Crippen LogP contribution >= 0.6 is 12.6 Å². The van der Waals surface area contributed by atoms with Gasteiger partial charge in [0, 0.05) is 6.42 Å². The molecule has 0 aromatic heterocycles. The van der Waals surface area contributed by atoms with Gasteiger partial charge in [-0.1, -0.05) is 0 Å². The van der Waals surface area contributed by atoms with E-state index in [9.17, 15) is 14.7 Å². The predicted octanol–water partition coefficient (Wildman–Crippen LogP) is -1.83. The third kappa shape index (κ3) is 10.0. The van der Waals surface area contributed by atoms with E-state index in [1.54, 1.807) is 0 Å². The van der Waals surface area contributed by atoms with E-state index in [0.29, 0.717) is 5.75 Å². The van der Waals surface area contributed by atoms with Crippen molar-refractivity contribution < 1.29 is 37.1 Å². The van der Waals surface area contributed by atoms with Crippen LogP contribution in [-0.4, -0.2) is 24.2 Å². The van der Waals surface area contributed by atoms with Crippen LogP contribution in [0.2, 0.25) is 0 Å². The van der Waals surface area contributed by atoms with Crippen LogP contribution in [-0.2, 0) is 32.0 Å². The van der Waals surface area contributed by atoms with E-state index in [-0.39, 0.29) is 34.7 Å². The van der Waals surface area contributed by atoms with E-state index in [1.165, 1.54) is 0 Å². The standard InChI is InChI=1S/C5H9NO3S.Au/c7-4(1-2-10)6-3-5(8)9;/h10H,1-3H2,(H,6,7)(H,8,9);/q;+1/p-1. The van der Waals surface area contributed by atoms with Crippen molar-refractivity contribution in [1.29, 1.82) is 0 Å². The topological polar surface area (TPSA) is 69.2 Å². The second-order valence-electron chi connectivity index (χ2n) is 1.62. The monoisotopic (exact) mass is 359 g/mol. The van der Waals surface area contributed by atoms with Crippen molar-refractivity contribution in [2.45, 2.75) is 6.42 Å². The number of carboxylic acids is 1. The first-order valence-electron chi connectivity index (χ1n) is 2.74. The zero-order valence-corrected chi connectivity index (χ0v) is 8.66. The van der Waals surface area contributed by atoms with Crippen molar-refractivity contribution in [2.75, 3.05) is 12.3 Å². The van der Waals surface area contributed by atoms with E-state index in [4.69, 9.17) is 0 Å². The largest absolute Gasteiger partial charge is 1.00 e. The molecule has 0 fully saturated rings. The molecular formula is C5H8AuNO3S. The van der Waals surface area contributed by atoms with Crippen molar-refractivity contribution in [3.63, 3.8) is 0 Å². The zero-order valence-electron chi connectivity index (χ0n) is 5.59. The number of carboxylic acid groups (broad SMARTS) is 1. The quantitative estimate of drug-likeness (QED) is 0.459. The number of carbonyl (C=O) groups excluding carboxylic acids is 2. The number of rotatable bonds is 4. The molecule has 0 radical (unpaired) electrons. The maximum atomic E-state index is 10.5. The van der Waals surface area contributed by atoms with Gasteiger partial charge in [-0.2, -0.15) is 12.6 Å². The van der Waals surface area contributed by atoms with Crippen LogP contribution in [0.15, 0.2) is 0 Å². The van der Waals surface area contributed by atoms with E-state index in [1.807, 2.05) is 0 Å². The van der Waals surface area contributed by atoms with Crippen LogP contribution in [0.5, 0.6) is 0 Å². The van der Waals surface area contributed by atoms with Gasteiger partial charge in [0.05, 0.1) is 12.5 Å². The number of hydrogen-bond donors (Lipinski definition) is 2. The van der Waals surface area contributed by atoms with Crippen LogP contribution < -0.4 is 10.4 Å². The Kier molecular flexibility index (Phi) is 10.1. The molecule has 0 spiro atoms. The first-order valence-corrected chi connectivity index (χ1v) is 3.37. The summed E-state index contributed by atoms with van der Waals surface area (Å²) in [5.74, 6) is -1.19. The third-order valence-corrected chi connectivity index (χ3v) is 0.992. The normalized spacial score (nSPS) is 8.09. The fourth-order valence-corrected chi connectivity index (χ4v) is 0.564. The molecular weight excluding hydrogens is 351 g/mol. The summed E-state index contributed by atoms with van der Waals surface area (Å²) in [6.45, 7) is -0.424. The molecule has 1 amide bonds. The number of nitrogens with one attached hydrogen (secondary N) is 1. The maximum Gasteiger partial charge on any atom is 1.00 e. The SMILES string of the molecule is O=C([O-])CNC(=O)CCS.[Au+]. The van der Waals surface area contributed by atoms with Gasteiger partial charge in [-0.3, -0.25) is 4.79 Å². The molecule has 0 saturated carbocycles. The molecule has 0 aromatic rings. The average molecular weight is 359 g/mol. The second-order valence-corrected chi connectivity index (χ2v) is 2.07. The molecule has 68 valence electrons. The molecule has 6 heteroatoms. The summed E-state index contributed by atoms with van der Waals surface area (Å²) in [5, 5.41) is 11.9. The molecule has 0 aliphatic rings. The summed E-state index contributed by atoms with van der Waals surface area (Å²) in [4.78, 5) is 20.3. The molecule has 11 heavy (non-hydrogen) atoms. The number of carbonyl (C=O) groups is 2. The molecule has 0 unspecified atom stereocenters. The predicted molar refractivity (Wildman–Crippen MR) is 36.5 cm³/mol. The van der Waals surface area contributed by atoms with Gasteiger partial charge in [0.2, 0.25) is 5.91 Å². The molecule has 0 aliphatic carbocycles. The summed E-state index contributed by atoms with van der Waals surface area (Å²) in [7, 11) is 0. The van der Waals surface area contributed by atoms with Gasteiger partial charge in [-0.25, -0.2) is 0 Å². The summed E-state index contributed by atoms with van der Waals surface area (Å²) < 4.78 is 0. The van der Waals surface area contributed by atoms with E-state index >= 15 is 0 Å². The zero-order chi connectivity index (χ0) is 7.98. The van der Waals surface area contributed by atoms with Gasteiger partial charge in [0.25, 0.3) is 0 Å². The third-order valence-electron chi connectivity index (χ3n) is 0.769. The molecule has 0 atom stereocenters. The Hall–Kier alpha value is 0.0303. The molecule has 1 N–H and O–H groups in total. The fourth-order valence-electron chi connectivity index (χ4n) is 0.361. The van der Waals surface area contributed by atoms with Crippen LogP contribution in [0, 0.1) is 0 Å². The van der Waals surface area contributed by atoms with Crippen LogP contribution in [0.4, 0.5) is 0 Å². The van der Waals surface area contributed by atoms with Crippen LogP contribution in [0.1, 0.15) is 6.42 Å². The molecule has 0 bridgehead atoms. The smallest absolute Gasteiger partial charge is 0.548 e. The van der Waals surface area contributed by atoms with Crippen molar-refractivity contribution in [3.05, 3.63) is 0 Å². The van der Waals surface area contributed by atoms with E-state index in [2.05, 4.69) is 17.9 Å². The fraction of sp³-hybridized carbons (Fsp3) is 0.600. The van der Waals surface area contributed by atoms with Crippen molar-refractivity contribution in [1.82, 2.24) is 5.32 Å². The minimum atomic E-state index is -1.28. The maximum absolute atomic E-state index is 10.5. The Balaban J connectivity index is 0.